The van der Waals surface area contributed by atoms with Crippen LogP contribution in [0.1, 0.15) is 133 Å². The number of nitriles is 1. The molecule has 0 spiro atoms. The van der Waals surface area contributed by atoms with Crippen LogP contribution in [0.25, 0.3) is 44.4 Å². The topological polar surface area (TPSA) is 280 Å². The van der Waals surface area contributed by atoms with E-state index >= 15 is 0 Å². The molecular formula is C83H73Br6F11N6O14. The first-order chi connectivity index (χ1) is 55.6. The molecule has 120 heavy (non-hydrogen) atoms. The maximum absolute atomic E-state index is 14.3. The number of esters is 2. The summed E-state index contributed by atoms with van der Waals surface area (Å²) >= 11 is 19.8. The van der Waals surface area contributed by atoms with E-state index in [1.165, 1.54) is 71.4 Å². The van der Waals surface area contributed by atoms with E-state index in [9.17, 15) is 101 Å². The van der Waals surface area contributed by atoms with Crippen molar-refractivity contribution in [2.75, 3.05) is 11.9 Å². The van der Waals surface area contributed by atoms with Gasteiger partial charge >= 0.3 is 48.0 Å². The van der Waals surface area contributed by atoms with Gasteiger partial charge in [-0.05, 0) is 164 Å². The van der Waals surface area contributed by atoms with Crippen LogP contribution < -0.4 is 5.32 Å². The maximum atomic E-state index is 14.3. The molecule has 2 N–H and O–H groups in total. The molecule has 0 unspecified atom stereocenters. The standard InChI is InChI=1S/C25H18BrF5N4O3.C16H18BrNO3.C12H10BrNO3.C11H9BrO.C9H7Br.C6H11BrO2.C4F6O2/c26-15-4-5-17-18(23(37)25(29,30)31)11-34(19(17)6-15)12-21(36)35-10-16(27)7-20(35)24(38)33-9-14-3-1-2-13(8-32)22(14)28;1-10(19)13-8-18(9-15(20)21-16(2,3)4)14-7-11(17)5-6-12(13)14;1-7(15)10-5-14(6-12(16)17)11-4-8(13)2-3-9(10)11;1-7(13)10-4-2-8-6-9(12)3-5-11(8)10;10-9-5-4-7-2-1-3-8(7)6-9;1-6(2,3)9-5(8)4-7;5-3(6,7)1(11)2(12)4(8,9)10/h1-6,11,16,20H,7,9-10,12H2,(H,33,38);5-8H,9H2,1-4H3;2-5H,6H2,1H3,(H,16,17);3-6H,2H2,1H3;1-2,4-6H,3H2;4H2,1-3H3;/t16-,20+;;;;;;/m1....../s1. The maximum Gasteiger partial charge on any atom is 0.458 e. The minimum absolute atomic E-state index is 0.0229. The summed E-state index contributed by atoms with van der Waals surface area (Å²) in [5.41, 5.74) is 7.16. The lowest BCUT2D eigenvalue weighted by Crippen LogP contribution is -2.46. The lowest BCUT2D eigenvalue weighted by Gasteiger charge is -2.24. The number of nitrogens with one attached hydrogen (secondary N) is 1. The normalized spacial score (nSPS) is 13.8. The van der Waals surface area contributed by atoms with Gasteiger partial charge in [-0.1, -0.05) is 156 Å². The number of benzene rings is 6. The summed E-state index contributed by atoms with van der Waals surface area (Å²) in [5, 5.41) is 22.1. The van der Waals surface area contributed by atoms with Crippen LogP contribution >= 0.6 is 95.6 Å². The number of fused-ring (bicyclic) bond motifs is 5. The summed E-state index contributed by atoms with van der Waals surface area (Å²) in [6.45, 7) is 14.3. The minimum atomic E-state index is -5.77. The van der Waals surface area contributed by atoms with E-state index in [0.717, 1.165) is 74.9 Å². The first-order valence-electron chi connectivity index (χ1n) is 35.4. The average molecular weight is 2070 g/mol. The number of ketones is 6. The SMILES string of the molecule is Brc1ccc2c(c1)CC=C2.CC(=O)C1=CCc2cc(Br)ccc21.CC(=O)c1cn(CC(=O)O)c2cc(Br)ccc12.CC(=O)c1cn(CC(=O)OC(C)(C)C)c2cc(Br)ccc12.CC(C)(C)OC(=O)CBr.N#Cc1cccc(CNC(=O)[C@@H]2C[C@@H](F)CN2C(=O)Cn2cc(C(=O)C(F)(F)F)c3ccc(Br)cc32)c1F.O=C(C(=O)C(F)(F)F)C(F)(F)F. The Balaban J connectivity index is 0.000000232. The molecule has 2 atom stereocenters. The molecule has 638 valence electrons. The van der Waals surface area contributed by atoms with Crippen molar-refractivity contribution in [3.63, 3.8) is 0 Å². The zero-order valence-electron chi connectivity index (χ0n) is 64.8. The molecule has 12 rings (SSSR count). The Bertz CT molecular complexity index is 5530. The molecule has 6 aromatic carbocycles. The third-order valence-electron chi connectivity index (χ3n) is 16.9. The van der Waals surface area contributed by atoms with Crippen LogP contribution in [0.2, 0.25) is 0 Å². The number of alkyl halides is 11. The molecule has 4 heterocycles. The van der Waals surface area contributed by atoms with Gasteiger partial charge in [0.1, 0.15) is 60.3 Å². The van der Waals surface area contributed by atoms with Crippen LogP contribution in [0, 0.1) is 17.1 Å². The fourth-order valence-electron chi connectivity index (χ4n) is 11.9. The van der Waals surface area contributed by atoms with Gasteiger partial charge in [0.05, 0.1) is 34.2 Å². The van der Waals surface area contributed by atoms with Crippen molar-refractivity contribution in [2.45, 2.75) is 150 Å². The monoisotopic (exact) mass is 2060 g/mol. The van der Waals surface area contributed by atoms with E-state index in [-0.39, 0.29) is 88.3 Å². The van der Waals surface area contributed by atoms with Gasteiger partial charge in [0.15, 0.2) is 17.3 Å². The average Bonchev–Trinajstić information content (AvgIpc) is 1.60. The number of Topliss-reactive ketones (excluding diaryl/α,β-unsaturated/α-hetero) is 6. The summed E-state index contributed by atoms with van der Waals surface area (Å²) in [6, 6.07) is 32.2. The number of rotatable bonds is 15. The highest BCUT2D eigenvalue weighted by Crippen LogP contribution is 2.35. The zero-order valence-corrected chi connectivity index (χ0v) is 74.3. The van der Waals surface area contributed by atoms with Gasteiger partial charge in [-0.3, -0.25) is 52.7 Å². The summed E-state index contributed by atoms with van der Waals surface area (Å²) in [6.07, 6.45) is -6.00. The van der Waals surface area contributed by atoms with Crippen molar-refractivity contribution in [3.8, 4) is 6.07 Å². The third kappa shape index (κ3) is 28.5. The lowest BCUT2D eigenvalue weighted by atomic mass is 10.0. The Morgan fingerprint density at radius 2 is 1.01 bits per heavy atom. The molecule has 3 aliphatic rings. The van der Waals surface area contributed by atoms with Crippen molar-refractivity contribution in [1.82, 2.24) is 23.9 Å². The smallest absolute Gasteiger partial charge is 0.458 e. The summed E-state index contributed by atoms with van der Waals surface area (Å²) in [5.74, 6) is -12.6. The number of aliphatic carboxylic acids is 1. The Kier molecular flexibility index (Phi) is 34.9. The zero-order chi connectivity index (χ0) is 90.2. The second-order valence-corrected chi connectivity index (χ2v) is 33.6. The number of allylic oxidation sites excluding steroid dienone is 3. The second-order valence-electron chi connectivity index (χ2n) is 28.4. The van der Waals surface area contributed by atoms with Gasteiger partial charge in [0, 0.05) is 92.3 Å². The highest BCUT2D eigenvalue weighted by Gasteiger charge is 2.54. The molecule has 37 heteroatoms. The predicted molar refractivity (Wildman–Crippen MR) is 446 cm³/mol. The summed E-state index contributed by atoms with van der Waals surface area (Å²) in [7, 11) is 0. The number of halogens is 17. The highest BCUT2D eigenvalue weighted by atomic mass is 79.9. The van der Waals surface area contributed by atoms with E-state index in [2.05, 4.69) is 137 Å². The number of hydrogen-bond acceptors (Lipinski definition) is 14. The molecular weight excluding hydrogens is 1990 g/mol. The molecule has 1 fully saturated rings. The van der Waals surface area contributed by atoms with Crippen molar-refractivity contribution in [1.29, 1.82) is 5.26 Å². The Morgan fingerprint density at radius 3 is 1.46 bits per heavy atom. The van der Waals surface area contributed by atoms with E-state index in [0.29, 0.717) is 15.6 Å². The minimum Gasteiger partial charge on any atom is -0.480 e. The van der Waals surface area contributed by atoms with Crippen molar-refractivity contribution >= 4 is 204 Å². The molecule has 1 aliphatic heterocycles. The molecule has 9 aromatic rings. The molecule has 0 bridgehead atoms. The number of carbonyl (C=O) groups is 11. The largest absolute Gasteiger partial charge is 0.480 e. The van der Waals surface area contributed by atoms with Gasteiger partial charge in [-0.25, -0.2) is 8.78 Å². The Hall–Kier alpha value is -9.61. The molecule has 2 amide bonds. The van der Waals surface area contributed by atoms with Gasteiger partial charge in [0.25, 0.3) is 5.78 Å². The van der Waals surface area contributed by atoms with E-state index < -0.39 is 95.9 Å². The van der Waals surface area contributed by atoms with Gasteiger partial charge in [0.2, 0.25) is 11.8 Å². The van der Waals surface area contributed by atoms with Crippen molar-refractivity contribution < 1.29 is 116 Å². The van der Waals surface area contributed by atoms with Gasteiger partial charge in [-0.15, -0.1) is 0 Å². The number of likely N-dealkylation sites (tertiary alicyclic amines) is 1. The van der Waals surface area contributed by atoms with Gasteiger partial charge in [-0.2, -0.15) is 44.8 Å². The summed E-state index contributed by atoms with van der Waals surface area (Å²) < 4.78 is 154. The molecule has 1 saturated heterocycles. The third-order valence-corrected chi connectivity index (χ3v) is 19.8. The van der Waals surface area contributed by atoms with Crippen LogP contribution in [0.5, 0.6) is 0 Å². The fourth-order valence-corrected chi connectivity index (χ4v) is 13.9. The lowest BCUT2D eigenvalue weighted by molar-refractivity contribution is -0.193. The first-order valence-corrected chi connectivity index (χ1v) is 40.5. The molecule has 3 aromatic heterocycles. The predicted octanol–water partition coefficient (Wildman–Crippen LogP) is 20.0. The number of aromatic nitrogens is 3. The number of hydrogen-bond donors (Lipinski definition) is 2. The van der Waals surface area contributed by atoms with Gasteiger partial charge < -0.3 is 38.5 Å². The Labute approximate surface area is 729 Å². The van der Waals surface area contributed by atoms with Crippen LogP contribution in [0.4, 0.5) is 48.3 Å². The Morgan fingerprint density at radius 1 is 0.558 bits per heavy atom. The van der Waals surface area contributed by atoms with Crippen LogP contribution in [0.15, 0.2) is 162 Å². The van der Waals surface area contributed by atoms with Crippen LogP contribution in [0.3, 0.4) is 0 Å². The van der Waals surface area contributed by atoms with E-state index in [1.54, 1.807) is 34.5 Å². The molecule has 0 saturated carbocycles. The summed E-state index contributed by atoms with van der Waals surface area (Å²) in [4.78, 5) is 126. The van der Waals surface area contributed by atoms with Crippen LogP contribution in [-0.4, -0.2) is 142 Å². The number of nitrogens with zero attached hydrogens (tertiary/aromatic N) is 5. The number of carbonyl (C=O) groups excluding carboxylic acids is 10. The number of amides is 2. The number of carboxylic acids is 1. The number of ether oxygens (including phenoxy) is 2. The molecule has 2 aliphatic carbocycles. The van der Waals surface area contributed by atoms with E-state index in [1.807, 2.05) is 96.1 Å². The highest BCUT2D eigenvalue weighted by molar-refractivity contribution is 9.11. The second kappa shape index (κ2) is 42.3. The quantitative estimate of drug-likeness (QED) is 0.0317. The molecule has 20 nitrogen and oxygen atoms in total. The molecule has 0 radical (unpaired) electrons. The van der Waals surface area contributed by atoms with Crippen molar-refractivity contribution in [3.05, 3.63) is 218 Å². The fraction of sp³-hybridized carbons (Fsp3) is 0.301. The van der Waals surface area contributed by atoms with Crippen LogP contribution in [-0.2, 0) is 86.9 Å². The first kappa shape index (κ1) is 99.2. The number of carboxylic acid groups (broad SMARTS) is 1. The van der Waals surface area contributed by atoms with Crippen molar-refractivity contribution in [2.24, 2.45) is 0 Å². The van der Waals surface area contributed by atoms with E-state index in [4.69, 9.17) is 19.8 Å².